The van der Waals surface area contributed by atoms with Crippen LogP contribution >= 0.6 is 0 Å². The Labute approximate surface area is 88.0 Å². The number of terminal acetylenes is 1. The van der Waals surface area contributed by atoms with E-state index in [9.17, 15) is 0 Å². The predicted octanol–water partition coefficient (Wildman–Crippen LogP) is 1.40. The van der Waals surface area contributed by atoms with Crippen LogP contribution in [0.1, 0.15) is 18.4 Å². The molecule has 1 unspecified atom stereocenters. The maximum atomic E-state index is 5.33. The van der Waals surface area contributed by atoms with E-state index in [-0.39, 0.29) is 5.92 Å². The summed E-state index contributed by atoms with van der Waals surface area (Å²) in [6.45, 7) is 1.96. The summed E-state index contributed by atoms with van der Waals surface area (Å²) >= 11 is 0. The molecular weight excluding hydrogens is 188 g/mol. The van der Waals surface area contributed by atoms with Gasteiger partial charge in [0.15, 0.2) is 5.82 Å². The highest BCUT2D eigenvalue weighted by Gasteiger charge is 2.03. The molecule has 0 N–H and O–H groups in total. The summed E-state index contributed by atoms with van der Waals surface area (Å²) in [7, 11) is 0. The minimum absolute atomic E-state index is 0.0855. The lowest BCUT2D eigenvalue weighted by Gasteiger charge is -2.04. The third kappa shape index (κ3) is 1.86. The van der Waals surface area contributed by atoms with Crippen molar-refractivity contribution in [3.63, 3.8) is 0 Å². The molecule has 0 aliphatic rings. The number of aromatic nitrogens is 4. The van der Waals surface area contributed by atoms with Gasteiger partial charge in [-0.3, -0.25) is 0 Å². The van der Waals surface area contributed by atoms with E-state index in [2.05, 4.69) is 21.0 Å². The van der Waals surface area contributed by atoms with Crippen LogP contribution in [0, 0.1) is 12.3 Å². The van der Waals surface area contributed by atoms with Crippen LogP contribution < -0.4 is 0 Å². The highest BCUT2D eigenvalue weighted by molar-refractivity contribution is 5.28. The average Bonchev–Trinajstić information content (AvgIpc) is 2.82. The topological polar surface area (TPSA) is 43.6 Å². The molecule has 2 rings (SSSR count). The van der Waals surface area contributed by atoms with Crippen LogP contribution in [0.5, 0.6) is 0 Å². The minimum Gasteiger partial charge on any atom is -0.237 e. The number of hydrogen-bond donors (Lipinski definition) is 0. The third-order valence-electron chi connectivity index (χ3n) is 2.17. The molecule has 1 atom stereocenters. The van der Waals surface area contributed by atoms with Crippen molar-refractivity contribution in [3.05, 3.63) is 36.5 Å². The molecule has 15 heavy (non-hydrogen) atoms. The first kappa shape index (κ1) is 9.41. The molecule has 74 valence electrons. The molecule has 0 saturated heterocycles. The zero-order chi connectivity index (χ0) is 10.7. The first-order valence-electron chi connectivity index (χ1n) is 4.58. The lowest BCUT2D eigenvalue weighted by molar-refractivity contribution is 0.839. The van der Waals surface area contributed by atoms with Gasteiger partial charge in [-0.1, -0.05) is 12.0 Å². The summed E-state index contributed by atoms with van der Waals surface area (Å²) in [5.74, 6) is 3.48. The maximum Gasteiger partial charge on any atom is 0.155 e. The molecular formula is C11H10N4. The standard InChI is InChI=1S/C11H10N4/c1-3-9(2)10-4-5-11(13-6-10)15-8-12-7-14-15/h1,4-9H,2H3. The summed E-state index contributed by atoms with van der Waals surface area (Å²) in [6.07, 6.45) is 10.2. The summed E-state index contributed by atoms with van der Waals surface area (Å²) in [5, 5.41) is 3.98. The van der Waals surface area contributed by atoms with E-state index in [0.29, 0.717) is 0 Å². The third-order valence-corrected chi connectivity index (χ3v) is 2.17. The monoisotopic (exact) mass is 198 g/mol. The van der Waals surface area contributed by atoms with Crippen molar-refractivity contribution >= 4 is 0 Å². The Bertz CT molecular complexity index is 464. The summed E-state index contributed by atoms with van der Waals surface area (Å²) < 4.78 is 1.60. The molecule has 0 radical (unpaired) electrons. The van der Waals surface area contributed by atoms with E-state index in [1.807, 2.05) is 19.1 Å². The molecule has 0 amide bonds. The van der Waals surface area contributed by atoms with Gasteiger partial charge in [0.05, 0.1) is 0 Å². The van der Waals surface area contributed by atoms with Crippen molar-refractivity contribution in [3.8, 4) is 18.2 Å². The van der Waals surface area contributed by atoms with Crippen LogP contribution in [0.3, 0.4) is 0 Å². The second-order valence-electron chi connectivity index (χ2n) is 3.18. The molecule has 0 fully saturated rings. The molecule has 0 saturated carbocycles. The van der Waals surface area contributed by atoms with E-state index < -0.39 is 0 Å². The fourth-order valence-corrected chi connectivity index (χ4v) is 1.21. The molecule has 2 aromatic heterocycles. The van der Waals surface area contributed by atoms with Crippen LogP contribution in [0.25, 0.3) is 5.82 Å². The van der Waals surface area contributed by atoms with Gasteiger partial charge in [0.25, 0.3) is 0 Å². The number of hydrogen-bond acceptors (Lipinski definition) is 3. The van der Waals surface area contributed by atoms with Gasteiger partial charge < -0.3 is 0 Å². The van der Waals surface area contributed by atoms with Crippen molar-refractivity contribution < 1.29 is 0 Å². The fraction of sp³-hybridized carbons (Fsp3) is 0.182. The second-order valence-corrected chi connectivity index (χ2v) is 3.18. The number of pyridine rings is 1. The van der Waals surface area contributed by atoms with E-state index in [0.717, 1.165) is 11.4 Å². The van der Waals surface area contributed by atoms with E-state index >= 15 is 0 Å². The van der Waals surface area contributed by atoms with Crippen LogP contribution in [0.2, 0.25) is 0 Å². The molecule has 4 nitrogen and oxygen atoms in total. The average molecular weight is 198 g/mol. The van der Waals surface area contributed by atoms with Crippen LogP contribution in [-0.4, -0.2) is 19.7 Å². The molecule has 4 heteroatoms. The molecule has 0 aliphatic carbocycles. The maximum absolute atomic E-state index is 5.33. The van der Waals surface area contributed by atoms with Gasteiger partial charge in [0.1, 0.15) is 12.7 Å². The normalized spacial score (nSPS) is 12.0. The second kappa shape index (κ2) is 3.93. The number of rotatable bonds is 2. The Balaban J connectivity index is 2.30. The minimum atomic E-state index is 0.0855. The van der Waals surface area contributed by atoms with E-state index in [1.165, 1.54) is 6.33 Å². The smallest absolute Gasteiger partial charge is 0.155 e. The zero-order valence-corrected chi connectivity index (χ0v) is 8.33. The van der Waals surface area contributed by atoms with Gasteiger partial charge in [-0.2, -0.15) is 5.10 Å². The van der Waals surface area contributed by atoms with Crippen molar-refractivity contribution in [2.75, 3.05) is 0 Å². The van der Waals surface area contributed by atoms with Gasteiger partial charge in [-0.15, -0.1) is 6.42 Å². The largest absolute Gasteiger partial charge is 0.237 e. The summed E-state index contributed by atoms with van der Waals surface area (Å²) in [5.41, 5.74) is 1.03. The van der Waals surface area contributed by atoms with Crippen LogP contribution in [-0.2, 0) is 0 Å². The first-order valence-corrected chi connectivity index (χ1v) is 4.58. The molecule has 2 heterocycles. The van der Waals surface area contributed by atoms with Crippen molar-refractivity contribution in [1.82, 2.24) is 19.7 Å². The highest BCUT2D eigenvalue weighted by Crippen LogP contribution is 2.13. The zero-order valence-electron chi connectivity index (χ0n) is 8.33. The summed E-state index contributed by atoms with van der Waals surface area (Å²) in [6, 6.07) is 3.83. The van der Waals surface area contributed by atoms with Crippen molar-refractivity contribution in [2.45, 2.75) is 12.8 Å². The molecule has 0 spiro atoms. The van der Waals surface area contributed by atoms with Gasteiger partial charge in [0.2, 0.25) is 0 Å². The Morgan fingerprint density at radius 1 is 1.47 bits per heavy atom. The highest BCUT2D eigenvalue weighted by atomic mass is 15.3. The first-order chi connectivity index (χ1) is 7.31. The van der Waals surface area contributed by atoms with Crippen LogP contribution in [0.4, 0.5) is 0 Å². The van der Waals surface area contributed by atoms with Gasteiger partial charge in [-0.25, -0.2) is 14.6 Å². The lowest BCUT2D eigenvalue weighted by atomic mass is 10.1. The Hall–Kier alpha value is -2.15. The Morgan fingerprint density at radius 3 is 2.87 bits per heavy atom. The Kier molecular flexibility index (Phi) is 2.46. The quantitative estimate of drug-likeness (QED) is 0.685. The molecule has 0 bridgehead atoms. The Morgan fingerprint density at radius 2 is 2.33 bits per heavy atom. The number of nitrogens with zero attached hydrogens (tertiary/aromatic N) is 4. The fourth-order valence-electron chi connectivity index (χ4n) is 1.21. The van der Waals surface area contributed by atoms with Crippen LogP contribution in [0.15, 0.2) is 31.0 Å². The summed E-state index contributed by atoms with van der Waals surface area (Å²) in [4.78, 5) is 8.11. The SMILES string of the molecule is C#CC(C)c1ccc(-n2cncn2)nc1. The lowest BCUT2D eigenvalue weighted by Crippen LogP contribution is -1.99. The van der Waals surface area contributed by atoms with Crippen molar-refractivity contribution in [2.24, 2.45) is 0 Å². The van der Waals surface area contributed by atoms with Gasteiger partial charge >= 0.3 is 0 Å². The molecule has 2 aromatic rings. The molecule has 0 aliphatic heterocycles. The predicted molar refractivity (Wildman–Crippen MR) is 56.4 cm³/mol. The van der Waals surface area contributed by atoms with E-state index in [1.54, 1.807) is 17.2 Å². The van der Waals surface area contributed by atoms with Crippen molar-refractivity contribution in [1.29, 1.82) is 0 Å². The van der Waals surface area contributed by atoms with Gasteiger partial charge in [-0.05, 0) is 18.6 Å². The van der Waals surface area contributed by atoms with Gasteiger partial charge in [0, 0.05) is 12.1 Å². The molecule has 0 aromatic carbocycles. The van der Waals surface area contributed by atoms with E-state index in [4.69, 9.17) is 6.42 Å².